The molecule has 6 aliphatic carbocycles. The highest BCUT2D eigenvalue weighted by Crippen LogP contribution is 2.75. The first-order valence-electron chi connectivity index (χ1n) is 47.9. The average molecular weight is 1850 g/mol. The number of carbonyl (C=O) groups excluding carboxylic acids is 4. The fourth-order valence-electron chi connectivity index (χ4n) is 27.1. The Bertz CT molecular complexity index is 5370. The van der Waals surface area contributed by atoms with Crippen molar-refractivity contribution in [1.29, 1.82) is 0 Å². The number of carbonyl (C=O) groups is 5. The van der Waals surface area contributed by atoms with Gasteiger partial charge in [0.2, 0.25) is 0 Å². The Hall–Kier alpha value is -9.09. The Kier molecular flexibility index (Phi) is 27.3. The number of carboxylic acid groups (broad SMARTS) is 1. The van der Waals surface area contributed by atoms with Crippen LogP contribution in [0.3, 0.4) is 0 Å². The van der Waals surface area contributed by atoms with Crippen LogP contribution in [0.15, 0.2) is 168 Å². The highest BCUT2D eigenvalue weighted by molar-refractivity contribution is 5.90. The Morgan fingerprint density at radius 2 is 0.918 bits per heavy atom. The quantitative estimate of drug-likeness (QED) is 0.0279. The zero-order valence-electron chi connectivity index (χ0n) is 81.6. The van der Waals surface area contributed by atoms with Gasteiger partial charge in [0.25, 0.3) is 0 Å². The van der Waals surface area contributed by atoms with Crippen molar-refractivity contribution in [2.75, 3.05) is 41.7 Å². The van der Waals surface area contributed by atoms with Gasteiger partial charge in [0.05, 0.1) is 130 Å². The second-order valence-corrected chi connectivity index (χ2v) is 42.5. The fraction of sp³-hybridized carbons (Fsp3) is 0.587. The lowest BCUT2D eigenvalue weighted by molar-refractivity contribution is -0.399. The van der Waals surface area contributed by atoms with Crippen LogP contribution in [0.25, 0.3) is 0 Å². The lowest BCUT2D eigenvalue weighted by Crippen LogP contribution is -2.79. The van der Waals surface area contributed by atoms with Gasteiger partial charge in [-0.3, -0.25) is 4.79 Å². The van der Waals surface area contributed by atoms with E-state index in [0.29, 0.717) is 54.4 Å². The number of hydrogen-bond donors (Lipinski definition) is 4. The maximum Gasteiger partial charge on any atom is 0.338 e. The van der Waals surface area contributed by atoms with Crippen molar-refractivity contribution in [3.05, 3.63) is 212 Å². The highest BCUT2D eigenvalue weighted by atomic mass is 16.7. The number of methoxy groups -OCH3 is 4. The summed E-state index contributed by atoms with van der Waals surface area (Å²) in [7, 11) is 6.52. The molecule has 0 bridgehead atoms. The van der Waals surface area contributed by atoms with E-state index in [-0.39, 0.29) is 78.9 Å². The van der Waals surface area contributed by atoms with Crippen LogP contribution < -0.4 is 18.9 Å². The normalized spacial score (nSPS) is 36.4. The molecule has 6 aromatic carbocycles. The van der Waals surface area contributed by atoms with E-state index in [2.05, 4.69) is 62.3 Å². The van der Waals surface area contributed by atoms with Crippen LogP contribution in [0.4, 0.5) is 0 Å². The number of fused-ring (bicyclic) bond motifs is 6. The Morgan fingerprint density at radius 3 is 1.34 bits per heavy atom. The molecule has 12 aliphatic rings. The number of aliphatic hydroxyl groups excluding tert-OH is 1. The molecular formula is C109H138O25. The van der Waals surface area contributed by atoms with Gasteiger partial charge in [-0.25, -0.2) is 19.2 Å². The second kappa shape index (κ2) is 37.3. The van der Waals surface area contributed by atoms with E-state index < -0.39 is 154 Å². The van der Waals surface area contributed by atoms with E-state index in [0.717, 1.165) is 86.4 Å². The first-order valence-corrected chi connectivity index (χ1v) is 47.9. The van der Waals surface area contributed by atoms with Crippen molar-refractivity contribution in [3.63, 3.8) is 0 Å². The van der Waals surface area contributed by atoms with E-state index in [9.17, 15) is 39.6 Å². The summed E-state index contributed by atoms with van der Waals surface area (Å²) in [4.78, 5) is 68.8. The van der Waals surface area contributed by atoms with E-state index in [1.165, 1.54) is 6.92 Å². The van der Waals surface area contributed by atoms with Gasteiger partial charge in [0.1, 0.15) is 47.4 Å². The molecule has 0 aromatic heterocycles. The van der Waals surface area contributed by atoms with Crippen LogP contribution in [-0.2, 0) is 71.2 Å². The zero-order chi connectivity index (χ0) is 96.3. The SMILES string of the molecule is COc1ccc(C2O[C@H]3C[C@H]4OC[C@@]4(C)[C@H]4[C@H](OC(=O)c5ccccc5)[C@]5(C(C)(C)O)C[C@H](O)C(C)=C5[C@@H](C)[C@H](O2)[C@]34C)cc1.COc1ccc(C2O[C@H]3C[C@H]4OC[C@@]4(OC(C)=O)[C@H]4[C@H](OC(=O)c5ccccc5)[C@]5(C(C)(C)O)C[C@H](OC(=O)[C@@H]6OC(c7c(C)cccc7OC)C[C@H]6CC(C)C)C(C)=C5[C@@H](C)[C@H](O2)[C@]34C)cc1.COc1cccc(C)c1C1C[C@@H](CC(C)C)[C@H](C(=O)O)O1. The lowest BCUT2D eigenvalue weighted by atomic mass is 9.46. The molecule has 6 aromatic rings. The molecule has 0 radical (unpaired) electrons. The molecule has 4 saturated carbocycles. The molecular weight excluding hydrogens is 1710 g/mol. The number of aliphatic hydroxyl groups is 3. The molecule has 0 amide bonds. The Labute approximate surface area is 788 Å². The standard InChI is InChI=1S/C55H68O13.C37H46O8.C17H24O4/c1-29(2)24-36-25-39(43-30(3)16-15-19-38(43)61-11)63-45(36)50(58)64-40-27-54(52(7,8)59)44(31(40)4)32(5)47-53(9)41(65-51(67-47)35-20-22-37(60-10)23-21-35)26-42-55(28-62-42,68-33(6)56)46(53)48(54)66-49(57)34-17-13-12-14-18-34;1-20-25(38)18-37(34(3,4)40)28(20)21(2)30-36(6)27(43-33(45-30)23-13-15-24(41-7)16-14-23)17-26-35(5,19-42-26)29(36)31(37)44-32(39)22-11-9-8-10-12-22;1-10(2)8-12-9-14(21-16(12)17(18)19)15-11(3)6-5-7-13(15)20-4/h12-23,29,32,36,39-42,45-48,51,59H,24-28H2,1-11H3;8-16,21,25-27,29-31,33,38,40H,17-19H2,1-7H3;5-7,10,12,14,16H,8-9H2,1-4H3,(H,18,19)/t32-,36-,39?,40+,41+,42-,45-,46+,47+,48+,51?,53-,54+,55+;21-,25+,26-,27+,29-,30+,31+,33?,35-,36-,37+;12-,14?,16-/m111/s1. The molecule has 10 fully saturated rings. The molecule has 18 rings (SSSR count). The number of ether oxygens (including phenoxy) is 16. The molecule has 4 unspecified atom stereocenters. The van der Waals surface area contributed by atoms with Gasteiger partial charge in [-0.1, -0.05) is 153 Å². The number of esters is 4. The van der Waals surface area contributed by atoms with Crippen LogP contribution >= 0.6 is 0 Å². The minimum absolute atomic E-state index is 0.0219. The van der Waals surface area contributed by atoms with Gasteiger partial charge in [-0.2, -0.15) is 0 Å². The van der Waals surface area contributed by atoms with Crippen LogP contribution in [0.2, 0.25) is 0 Å². The van der Waals surface area contributed by atoms with Gasteiger partial charge in [-0.05, 0) is 200 Å². The average Bonchev–Trinajstić information content (AvgIpc) is 1.47. The Morgan fingerprint density at radius 1 is 0.485 bits per heavy atom. The van der Waals surface area contributed by atoms with Crippen molar-refractivity contribution in [2.24, 2.45) is 74.4 Å². The summed E-state index contributed by atoms with van der Waals surface area (Å²) in [6.45, 7) is 36.1. The number of aryl methyl sites for hydroxylation is 2. The number of benzene rings is 6. The summed E-state index contributed by atoms with van der Waals surface area (Å²) >= 11 is 0. The maximum absolute atomic E-state index is 15.0. The summed E-state index contributed by atoms with van der Waals surface area (Å²) in [6.07, 6.45) is -5.75. The molecule has 25 nitrogen and oxygen atoms in total. The van der Waals surface area contributed by atoms with Crippen molar-refractivity contribution >= 4 is 29.8 Å². The molecule has 134 heavy (non-hydrogen) atoms. The number of hydrogen-bond acceptors (Lipinski definition) is 24. The molecule has 4 N–H and O–H groups in total. The third-order valence-corrected chi connectivity index (χ3v) is 33.0. The first kappa shape index (κ1) is 98.0. The van der Waals surface area contributed by atoms with Gasteiger partial charge >= 0.3 is 29.8 Å². The van der Waals surface area contributed by atoms with Crippen molar-refractivity contribution in [2.45, 2.75) is 291 Å². The maximum atomic E-state index is 15.0. The van der Waals surface area contributed by atoms with Crippen LogP contribution in [0.5, 0.6) is 23.0 Å². The Balaban J connectivity index is 0.000000168. The molecule has 724 valence electrons. The summed E-state index contributed by atoms with van der Waals surface area (Å²) in [5.41, 5.74) is 0.693. The number of rotatable bonds is 22. The fourth-order valence-corrected chi connectivity index (χ4v) is 27.1. The molecule has 6 saturated heterocycles. The zero-order valence-corrected chi connectivity index (χ0v) is 81.6. The second-order valence-electron chi connectivity index (χ2n) is 42.5. The van der Waals surface area contributed by atoms with E-state index >= 15 is 4.79 Å². The monoisotopic (exact) mass is 1850 g/mol. The molecule has 28 atom stereocenters. The highest BCUT2D eigenvalue weighted by Gasteiger charge is 2.82. The van der Waals surface area contributed by atoms with E-state index in [1.54, 1.807) is 92.5 Å². The minimum Gasteiger partial charge on any atom is -0.497 e. The van der Waals surface area contributed by atoms with Crippen molar-refractivity contribution in [3.8, 4) is 23.0 Å². The summed E-state index contributed by atoms with van der Waals surface area (Å²) in [5, 5.41) is 46.5. The van der Waals surface area contributed by atoms with E-state index in [1.807, 2.05) is 137 Å². The lowest BCUT2D eigenvalue weighted by Gasteiger charge is -2.68. The molecule has 6 aliphatic heterocycles. The van der Waals surface area contributed by atoms with Crippen LogP contribution in [-0.4, -0.2) is 182 Å². The topological polar surface area (TPSA) is 314 Å². The van der Waals surface area contributed by atoms with Gasteiger partial charge < -0.3 is 96.2 Å². The third kappa shape index (κ3) is 16.6. The summed E-state index contributed by atoms with van der Waals surface area (Å²) in [5.74, 6) is -1.33. The van der Waals surface area contributed by atoms with Gasteiger partial charge in [0.15, 0.2) is 30.4 Å². The number of aliphatic carboxylic acids is 1. The minimum atomic E-state index is -1.65. The van der Waals surface area contributed by atoms with Crippen LogP contribution in [0, 0.1) is 88.3 Å². The van der Waals surface area contributed by atoms with Crippen molar-refractivity contribution in [1.82, 2.24) is 0 Å². The van der Waals surface area contributed by atoms with E-state index in [4.69, 9.17) is 75.8 Å². The smallest absolute Gasteiger partial charge is 0.338 e. The van der Waals surface area contributed by atoms with Crippen molar-refractivity contribution < 1.29 is 120 Å². The largest absolute Gasteiger partial charge is 0.497 e. The third-order valence-electron chi connectivity index (χ3n) is 33.0. The molecule has 0 spiro atoms. The first-order chi connectivity index (χ1) is 63.5. The molecule has 6 heterocycles. The van der Waals surface area contributed by atoms with Crippen LogP contribution in [0.1, 0.15) is 241 Å². The summed E-state index contributed by atoms with van der Waals surface area (Å²) < 4.78 is 103. The molecule has 25 heteroatoms. The predicted molar refractivity (Wildman–Crippen MR) is 497 cm³/mol. The van der Waals surface area contributed by atoms with Gasteiger partial charge in [-0.15, -0.1) is 0 Å². The number of carboxylic acids is 1. The predicted octanol–water partition coefficient (Wildman–Crippen LogP) is 18.2. The summed E-state index contributed by atoms with van der Waals surface area (Å²) in [6, 6.07) is 44.7. The van der Waals surface area contributed by atoms with Gasteiger partial charge in [0, 0.05) is 82.4 Å².